The molecule has 0 bridgehead atoms. The van der Waals surface area contributed by atoms with Crippen molar-refractivity contribution in [1.82, 2.24) is 0 Å². The molecular weight excluding hydrogens is 229 g/mol. The summed E-state index contributed by atoms with van der Waals surface area (Å²) in [5.74, 6) is 1.20. The Morgan fingerprint density at radius 3 is 2.94 bits per heavy atom. The Bertz CT molecular complexity index is 444. The Kier molecular flexibility index (Phi) is 3.02. The number of nitrogens with two attached hydrogens (primary N) is 1. The zero-order valence-electron chi connectivity index (χ0n) is 10.6. The number of alkyl halides is 1. The first-order chi connectivity index (χ1) is 8.71. The van der Waals surface area contributed by atoms with E-state index in [1.165, 1.54) is 11.1 Å². The molecule has 0 spiro atoms. The first kappa shape index (κ1) is 12.0. The first-order valence-corrected chi connectivity index (χ1v) is 6.85. The molecule has 1 unspecified atom stereocenters. The van der Waals surface area contributed by atoms with Gasteiger partial charge in [0.05, 0.1) is 6.61 Å². The number of fused-ring (bicyclic) bond motifs is 1. The van der Waals surface area contributed by atoms with Crippen LogP contribution in [0, 0.1) is 5.92 Å². The zero-order valence-corrected chi connectivity index (χ0v) is 10.6. The minimum Gasteiger partial charge on any atom is -0.493 e. The first-order valence-electron chi connectivity index (χ1n) is 6.85. The van der Waals surface area contributed by atoms with Crippen LogP contribution in [0.25, 0.3) is 0 Å². The second-order valence-electron chi connectivity index (χ2n) is 5.55. The van der Waals surface area contributed by atoms with E-state index >= 15 is 0 Å². The van der Waals surface area contributed by atoms with Gasteiger partial charge in [-0.3, -0.25) is 0 Å². The summed E-state index contributed by atoms with van der Waals surface area (Å²) in [6, 6.07) is 6.22. The molecule has 1 heterocycles. The summed E-state index contributed by atoms with van der Waals surface area (Å²) in [7, 11) is 0. The Labute approximate surface area is 107 Å². The van der Waals surface area contributed by atoms with Crippen molar-refractivity contribution >= 4 is 0 Å². The van der Waals surface area contributed by atoms with Crippen molar-refractivity contribution in [3.8, 4) is 5.75 Å². The second-order valence-corrected chi connectivity index (χ2v) is 5.55. The van der Waals surface area contributed by atoms with Crippen LogP contribution in [0.3, 0.4) is 0 Å². The van der Waals surface area contributed by atoms with Crippen molar-refractivity contribution in [1.29, 1.82) is 0 Å². The third kappa shape index (κ3) is 2.24. The van der Waals surface area contributed by atoms with E-state index in [-0.39, 0.29) is 12.5 Å². The van der Waals surface area contributed by atoms with E-state index in [0.717, 1.165) is 38.0 Å². The third-order valence-corrected chi connectivity index (χ3v) is 4.23. The molecule has 98 valence electrons. The van der Waals surface area contributed by atoms with E-state index in [2.05, 4.69) is 6.07 Å². The number of halogens is 1. The van der Waals surface area contributed by atoms with Gasteiger partial charge in [-0.2, -0.15) is 0 Å². The predicted octanol–water partition coefficient (Wildman–Crippen LogP) is 2.63. The number of aryl methyl sites for hydroxylation is 1. The monoisotopic (exact) mass is 249 g/mol. The predicted molar refractivity (Wildman–Crippen MR) is 69.6 cm³/mol. The molecule has 1 aliphatic carbocycles. The molecule has 3 heteroatoms. The highest BCUT2D eigenvalue weighted by Crippen LogP contribution is 2.44. The van der Waals surface area contributed by atoms with Crippen LogP contribution in [0.2, 0.25) is 0 Å². The molecule has 1 aliphatic heterocycles. The fraction of sp³-hybridized carbons (Fsp3) is 0.600. The van der Waals surface area contributed by atoms with Crippen LogP contribution in [0.1, 0.15) is 30.4 Å². The molecule has 3 rings (SSSR count). The molecular formula is C15H20FNO. The van der Waals surface area contributed by atoms with Crippen LogP contribution in [0.15, 0.2) is 18.2 Å². The molecule has 1 aromatic rings. The molecule has 2 aliphatic rings. The van der Waals surface area contributed by atoms with Gasteiger partial charge in [-0.1, -0.05) is 12.1 Å². The van der Waals surface area contributed by atoms with Gasteiger partial charge >= 0.3 is 0 Å². The van der Waals surface area contributed by atoms with E-state index in [1.807, 2.05) is 12.1 Å². The highest BCUT2D eigenvalue weighted by molar-refractivity contribution is 5.39. The number of ether oxygens (including phenoxy) is 1. The molecule has 18 heavy (non-hydrogen) atoms. The molecule has 0 aromatic heterocycles. The van der Waals surface area contributed by atoms with Crippen molar-refractivity contribution in [3.05, 3.63) is 29.3 Å². The van der Waals surface area contributed by atoms with Gasteiger partial charge in [0.15, 0.2) is 0 Å². The van der Waals surface area contributed by atoms with Crippen molar-refractivity contribution in [3.63, 3.8) is 0 Å². The highest BCUT2D eigenvalue weighted by Gasteiger charge is 2.44. The quantitative estimate of drug-likeness (QED) is 0.870. The largest absolute Gasteiger partial charge is 0.493 e. The Hall–Kier alpha value is -1.09. The summed E-state index contributed by atoms with van der Waals surface area (Å²) in [6.07, 6.45) is 4.31. The number of hydrogen-bond donors (Lipinski definition) is 1. The second kappa shape index (κ2) is 4.54. The topological polar surface area (TPSA) is 35.2 Å². The Morgan fingerprint density at radius 1 is 1.39 bits per heavy atom. The highest BCUT2D eigenvalue weighted by atomic mass is 19.1. The van der Waals surface area contributed by atoms with Crippen molar-refractivity contribution in [2.45, 2.75) is 37.8 Å². The SMILES string of the molecule is NCC(F)(CCc1ccc2c(c1)CCO2)C1CC1. The van der Waals surface area contributed by atoms with Crippen LogP contribution in [0.4, 0.5) is 4.39 Å². The van der Waals surface area contributed by atoms with Gasteiger partial charge in [-0.05, 0) is 48.8 Å². The lowest BCUT2D eigenvalue weighted by atomic mass is 9.91. The summed E-state index contributed by atoms with van der Waals surface area (Å²) in [5.41, 5.74) is 6.93. The summed E-state index contributed by atoms with van der Waals surface area (Å²) in [5, 5.41) is 0. The van der Waals surface area contributed by atoms with Gasteiger partial charge in [0, 0.05) is 13.0 Å². The Balaban J connectivity index is 1.66. The molecule has 2 nitrogen and oxygen atoms in total. The Morgan fingerprint density at radius 2 is 2.22 bits per heavy atom. The molecule has 1 fully saturated rings. The molecule has 0 radical (unpaired) electrons. The van der Waals surface area contributed by atoms with Gasteiger partial charge in [0.25, 0.3) is 0 Å². The molecule has 1 atom stereocenters. The normalized spacial score (nSPS) is 21.2. The fourth-order valence-corrected chi connectivity index (χ4v) is 2.82. The lowest BCUT2D eigenvalue weighted by Crippen LogP contribution is -2.35. The summed E-state index contributed by atoms with van der Waals surface area (Å²) >= 11 is 0. The fourth-order valence-electron chi connectivity index (χ4n) is 2.82. The van der Waals surface area contributed by atoms with Gasteiger partial charge in [0.1, 0.15) is 11.4 Å². The molecule has 0 saturated heterocycles. The van der Waals surface area contributed by atoms with E-state index in [4.69, 9.17) is 10.5 Å². The smallest absolute Gasteiger partial charge is 0.126 e. The summed E-state index contributed by atoms with van der Waals surface area (Å²) in [4.78, 5) is 0. The number of benzene rings is 1. The van der Waals surface area contributed by atoms with Crippen LogP contribution >= 0.6 is 0 Å². The van der Waals surface area contributed by atoms with E-state index in [0.29, 0.717) is 6.42 Å². The molecule has 2 N–H and O–H groups in total. The standard InChI is InChI=1S/C15H20FNO/c16-15(10-17,13-2-3-13)7-5-11-1-4-14-12(9-11)6-8-18-14/h1,4,9,13H,2-3,5-8,10,17H2. The third-order valence-electron chi connectivity index (χ3n) is 4.23. The van der Waals surface area contributed by atoms with Crippen LogP contribution < -0.4 is 10.5 Å². The molecule has 1 aromatic carbocycles. The molecule has 1 saturated carbocycles. The van der Waals surface area contributed by atoms with Crippen LogP contribution in [-0.2, 0) is 12.8 Å². The lowest BCUT2D eigenvalue weighted by Gasteiger charge is -2.23. The maximum absolute atomic E-state index is 14.5. The minimum atomic E-state index is -1.14. The van der Waals surface area contributed by atoms with Crippen molar-refractivity contribution < 1.29 is 9.13 Å². The summed E-state index contributed by atoms with van der Waals surface area (Å²) in [6.45, 7) is 0.933. The van der Waals surface area contributed by atoms with Crippen molar-refractivity contribution in [2.75, 3.05) is 13.2 Å². The van der Waals surface area contributed by atoms with Crippen molar-refractivity contribution in [2.24, 2.45) is 11.7 Å². The van der Waals surface area contributed by atoms with Gasteiger partial charge in [0.2, 0.25) is 0 Å². The minimum absolute atomic E-state index is 0.158. The van der Waals surface area contributed by atoms with Crippen LogP contribution in [0.5, 0.6) is 5.75 Å². The van der Waals surface area contributed by atoms with E-state index in [1.54, 1.807) is 0 Å². The lowest BCUT2D eigenvalue weighted by molar-refractivity contribution is 0.130. The van der Waals surface area contributed by atoms with E-state index < -0.39 is 5.67 Å². The van der Waals surface area contributed by atoms with Gasteiger partial charge in [-0.15, -0.1) is 0 Å². The maximum atomic E-state index is 14.5. The number of hydrogen-bond acceptors (Lipinski definition) is 2. The summed E-state index contributed by atoms with van der Waals surface area (Å²) < 4.78 is 20.0. The van der Waals surface area contributed by atoms with Gasteiger partial charge < -0.3 is 10.5 Å². The van der Waals surface area contributed by atoms with Crippen LogP contribution in [-0.4, -0.2) is 18.8 Å². The van der Waals surface area contributed by atoms with E-state index in [9.17, 15) is 4.39 Å². The average molecular weight is 249 g/mol. The maximum Gasteiger partial charge on any atom is 0.126 e. The molecule has 0 amide bonds. The number of rotatable bonds is 5. The zero-order chi connectivity index (χ0) is 12.6. The van der Waals surface area contributed by atoms with Gasteiger partial charge in [-0.25, -0.2) is 4.39 Å². The average Bonchev–Trinajstić information content (AvgIpc) is 3.15.